The van der Waals surface area contributed by atoms with Crippen LogP contribution in [0.15, 0.2) is 54.7 Å². The molecule has 1 aromatic heterocycles. The zero-order valence-corrected chi connectivity index (χ0v) is 12.3. The fraction of sp³-hybridized carbons (Fsp3) is 0.118. The highest BCUT2D eigenvalue weighted by Gasteiger charge is 2.12. The van der Waals surface area contributed by atoms with Crippen LogP contribution in [0.3, 0.4) is 0 Å². The SMILES string of the molecule is COC(=O)c1ccccc1Cn1ccc2cc(Cl)ccc21. The number of hydrogen-bond donors (Lipinski definition) is 0. The lowest BCUT2D eigenvalue weighted by atomic mass is 10.1. The van der Waals surface area contributed by atoms with Gasteiger partial charge in [-0.15, -0.1) is 0 Å². The number of carbonyl (C=O) groups is 1. The standard InChI is InChI=1S/C17H14ClNO2/c1-21-17(20)15-5-3-2-4-13(15)11-19-9-8-12-10-14(18)6-7-16(12)19/h2-10H,11H2,1H3. The monoisotopic (exact) mass is 299 g/mol. The van der Waals surface area contributed by atoms with E-state index >= 15 is 0 Å². The smallest absolute Gasteiger partial charge is 0.338 e. The second-order valence-electron chi connectivity index (χ2n) is 4.80. The van der Waals surface area contributed by atoms with Crippen LogP contribution in [0.1, 0.15) is 15.9 Å². The largest absolute Gasteiger partial charge is 0.465 e. The third-order valence-corrected chi connectivity index (χ3v) is 3.73. The van der Waals surface area contributed by atoms with Crippen LogP contribution in [0.2, 0.25) is 5.02 Å². The molecule has 4 heteroatoms. The number of rotatable bonds is 3. The van der Waals surface area contributed by atoms with Crippen LogP contribution in [-0.4, -0.2) is 17.6 Å². The first-order chi connectivity index (χ1) is 10.2. The molecule has 106 valence electrons. The number of fused-ring (bicyclic) bond motifs is 1. The summed E-state index contributed by atoms with van der Waals surface area (Å²) in [6.07, 6.45) is 2.00. The maximum Gasteiger partial charge on any atom is 0.338 e. The lowest BCUT2D eigenvalue weighted by Gasteiger charge is -2.10. The van der Waals surface area contributed by atoms with Crippen LogP contribution < -0.4 is 0 Å². The van der Waals surface area contributed by atoms with E-state index in [0.717, 1.165) is 21.5 Å². The summed E-state index contributed by atoms with van der Waals surface area (Å²) in [6.45, 7) is 0.608. The van der Waals surface area contributed by atoms with Crippen LogP contribution in [-0.2, 0) is 11.3 Å². The molecule has 0 saturated heterocycles. The Hall–Kier alpha value is -2.26. The fourth-order valence-corrected chi connectivity index (χ4v) is 2.64. The summed E-state index contributed by atoms with van der Waals surface area (Å²) >= 11 is 6.00. The molecule has 21 heavy (non-hydrogen) atoms. The molecule has 1 heterocycles. The van der Waals surface area contributed by atoms with E-state index in [1.807, 2.05) is 48.7 Å². The predicted molar refractivity (Wildman–Crippen MR) is 83.8 cm³/mol. The normalized spacial score (nSPS) is 10.8. The van der Waals surface area contributed by atoms with Gasteiger partial charge in [0.05, 0.1) is 12.7 Å². The number of hydrogen-bond acceptors (Lipinski definition) is 2. The molecule has 0 aliphatic carbocycles. The molecule has 0 aliphatic heterocycles. The van der Waals surface area contributed by atoms with Gasteiger partial charge in [-0.3, -0.25) is 0 Å². The molecule has 0 N–H and O–H groups in total. The number of ether oxygens (including phenoxy) is 1. The maximum atomic E-state index is 11.8. The number of esters is 1. The second kappa shape index (κ2) is 5.62. The van der Waals surface area contributed by atoms with E-state index in [9.17, 15) is 4.79 Å². The Labute approximate surface area is 127 Å². The van der Waals surface area contributed by atoms with E-state index in [2.05, 4.69) is 4.57 Å². The Kier molecular flexibility index (Phi) is 3.67. The Morgan fingerprint density at radius 2 is 2.00 bits per heavy atom. The molecule has 0 spiro atoms. The third-order valence-electron chi connectivity index (χ3n) is 3.50. The molecular formula is C17H14ClNO2. The van der Waals surface area contributed by atoms with E-state index in [1.54, 1.807) is 6.07 Å². The number of nitrogens with zero attached hydrogens (tertiary/aromatic N) is 1. The lowest BCUT2D eigenvalue weighted by Crippen LogP contribution is -2.08. The van der Waals surface area contributed by atoms with Crippen molar-refractivity contribution in [3.8, 4) is 0 Å². The van der Waals surface area contributed by atoms with Gasteiger partial charge in [-0.05, 0) is 35.9 Å². The Morgan fingerprint density at radius 3 is 2.81 bits per heavy atom. The highest BCUT2D eigenvalue weighted by atomic mass is 35.5. The van der Waals surface area contributed by atoms with Crippen molar-refractivity contribution in [2.24, 2.45) is 0 Å². The molecule has 0 fully saturated rings. The first kappa shape index (κ1) is 13.7. The topological polar surface area (TPSA) is 31.2 Å². The van der Waals surface area contributed by atoms with E-state index in [0.29, 0.717) is 12.1 Å². The maximum absolute atomic E-state index is 11.8. The van der Waals surface area contributed by atoms with Crippen molar-refractivity contribution in [1.82, 2.24) is 4.57 Å². The van der Waals surface area contributed by atoms with Crippen LogP contribution in [0, 0.1) is 0 Å². The summed E-state index contributed by atoms with van der Waals surface area (Å²) in [5.74, 6) is -0.315. The molecule has 0 radical (unpaired) electrons. The van der Waals surface area contributed by atoms with Gasteiger partial charge in [0, 0.05) is 28.7 Å². The van der Waals surface area contributed by atoms with Gasteiger partial charge in [0.2, 0.25) is 0 Å². The summed E-state index contributed by atoms with van der Waals surface area (Å²) in [4.78, 5) is 11.8. The van der Waals surface area contributed by atoms with Gasteiger partial charge < -0.3 is 9.30 Å². The lowest BCUT2D eigenvalue weighted by molar-refractivity contribution is 0.0599. The van der Waals surface area contributed by atoms with Gasteiger partial charge >= 0.3 is 5.97 Å². The average molecular weight is 300 g/mol. The van der Waals surface area contributed by atoms with Gasteiger partial charge in [0.15, 0.2) is 0 Å². The molecule has 3 nitrogen and oxygen atoms in total. The molecule has 3 rings (SSSR count). The minimum absolute atomic E-state index is 0.315. The highest BCUT2D eigenvalue weighted by Crippen LogP contribution is 2.22. The first-order valence-corrected chi connectivity index (χ1v) is 6.97. The van der Waals surface area contributed by atoms with E-state index in [1.165, 1.54) is 7.11 Å². The first-order valence-electron chi connectivity index (χ1n) is 6.59. The van der Waals surface area contributed by atoms with Crippen LogP contribution in [0.25, 0.3) is 10.9 Å². The van der Waals surface area contributed by atoms with Crippen molar-refractivity contribution in [3.63, 3.8) is 0 Å². The van der Waals surface area contributed by atoms with E-state index < -0.39 is 0 Å². The van der Waals surface area contributed by atoms with Crippen molar-refractivity contribution in [3.05, 3.63) is 70.9 Å². The molecule has 2 aromatic carbocycles. The number of methoxy groups -OCH3 is 1. The zero-order valence-electron chi connectivity index (χ0n) is 11.5. The van der Waals surface area contributed by atoms with Crippen molar-refractivity contribution in [2.45, 2.75) is 6.54 Å². The summed E-state index contributed by atoms with van der Waals surface area (Å²) in [5, 5.41) is 1.80. The van der Waals surface area contributed by atoms with Crippen molar-refractivity contribution < 1.29 is 9.53 Å². The van der Waals surface area contributed by atoms with Gasteiger partial charge in [0.1, 0.15) is 0 Å². The summed E-state index contributed by atoms with van der Waals surface area (Å²) in [5.41, 5.74) is 2.60. The number of benzene rings is 2. The Morgan fingerprint density at radius 1 is 1.19 bits per heavy atom. The molecule has 0 amide bonds. The van der Waals surface area contributed by atoms with E-state index in [-0.39, 0.29) is 5.97 Å². The van der Waals surface area contributed by atoms with Gasteiger partial charge in [-0.2, -0.15) is 0 Å². The van der Waals surface area contributed by atoms with Crippen LogP contribution in [0.5, 0.6) is 0 Å². The van der Waals surface area contributed by atoms with Crippen molar-refractivity contribution in [1.29, 1.82) is 0 Å². The molecule has 3 aromatic rings. The van der Waals surface area contributed by atoms with Gasteiger partial charge in [0.25, 0.3) is 0 Å². The van der Waals surface area contributed by atoms with Crippen LogP contribution >= 0.6 is 11.6 Å². The average Bonchev–Trinajstić information content (AvgIpc) is 2.89. The fourth-order valence-electron chi connectivity index (χ4n) is 2.46. The summed E-state index contributed by atoms with van der Waals surface area (Å²) in [7, 11) is 1.40. The molecule has 0 aliphatic rings. The van der Waals surface area contributed by atoms with Crippen molar-refractivity contribution >= 4 is 28.5 Å². The van der Waals surface area contributed by atoms with E-state index in [4.69, 9.17) is 16.3 Å². The number of halogens is 1. The molecule has 0 bridgehead atoms. The van der Waals surface area contributed by atoms with Gasteiger partial charge in [-0.25, -0.2) is 4.79 Å². The van der Waals surface area contributed by atoms with Crippen molar-refractivity contribution in [2.75, 3.05) is 7.11 Å². The molecule has 0 atom stereocenters. The quantitative estimate of drug-likeness (QED) is 0.681. The summed E-state index contributed by atoms with van der Waals surface area (Å²) in [6, 6.07) is 15.3. The number of aromatic nitrogens is 1. The highest BCUT2D eigenvalue weighted by molar-refractivity contribution is 6.31. The minimum atomic E-state index is -0.315. The third kappa shape index (κ3) is 2.65. The molecule has 0 unspecified atom stereocenters. The molecule has 0 saturated carbocycles. The van der Waals surface area contributed by atoms with Gasteiger partial charge in [-0.1, -0.05) is 29.8 Å². The minimum Gasteiger partial charge on any atom is -0.465 e. The Bertz CT molecular complexity index is 807. The predicted octanol–water partition coefficient (Wildman–Crippen LogP) is 4.13. The van der Waals surface area contributed by atoms with Crippen LogP contribution in [0.4, 0.5) is 0 Å². The Balaban J connectivity index is 2.01. The zero-order chi connectivity index (χ0) is 14.8. The number of carbonyl (C=O) groups excluding carboxylic acids is 1. The second-order valence-corrected chi connectivity index (χ2v) is 5.23. The summed E-state index contributed by atoms with van der Waals surface area (Å²) < 4.78 is 6.92. The molecular weight excluding hydrogens is 286 g/mol.